The SMILES string of the molecule is CC[C@@]1(O)CCN(C(=O)c2cccc(Cn3nc(C)cc3C)c2)C[C@H]1O. The van der Waals surface area contributed by atoms with Crippen LogP contribution in [0.3, 0.4) is 0 Å². The third-order valence-electron chi connectivity index (χ3n) is 5.34. The Morgan fingerprint density at radius 3 is 2.73 bits per heavy atom. The molecule has 1 aromatic heterocycles. The summed E-state index contributed by atoms with van der Waals surface area (Å²) in [5, 5.41) is 25.0. The highest BCUT2D eigenvalue weighted by Gasteiger charge is 2.40. The van der Waals surface area contributed by atoms with Crippen LogP contribution in [-0.4, -0.2) is 55.6 Å². The van der Waals surface area contributed by atoms with Crippen molar-refractivity contribution in [3.8, 4) is 0 Å². The summed E-state index contributed by atoms with van der Waals surface area (Å²) in [6.07, 6.45) is -0.0426. The van der Waals surface area contributed by atoms with Crippen LogP contribution in [0.1, 0.15) is 47.1 Å². The van der Waals surface area contributed by atoms with Gasteiger partial charge in [0, 0.05) is 24.3 Å². The Bertz CT molecular complexity index is 801. The highest BCUT2D eigenvalue weighted by Crippen LogP contribution is 2.26. The van der Waals surface area contributed by atoms with Crippen LogP contribution in [0.25, 0.3) is 0 Å². The molecule has 0 spiro atoms. The molecule has 1 aliphatic rings. The van der Waals surface area contributed by atoms with Gasteiger partial charge < -0.3 is 15.1 Å². The number of benzene rings is 1. The summed E-state index contributed by atoms with van der Waals surface area (Å²) in [5.41, 5.74) is 2.56. The molecule has 1 saturated heterocycles. The number of aliphatic hydroxyl groups excluding tert-OH is 1. The number of rotatable bonds is 4. The summed E-state index contributed by atoms with van der Waals surface area (Å²) in [7, 11) is 0. The second kappa shape index (κ2) is 7.21. The molecule has 140 valence electrons. The van der Waals surface area contributed by atoms with Gasteiger partial charge in [-0.05, 0) is 50.5 Å². The van der Waals surface area contributed by atoms with Crippen molar-refractivity contribution < 1.29 is 15.0 Å². The second-order valence-electron chi connectivity index (χ2n) is 7.26. The minimum Gasteiger partial charge on any atom is -0.388 e. The molecule has 0 unspecified atom stereocenters. The number of aryl methyl sites for hydroxylation is 2. The van der Waals surface area contributed by atoms with Crippen molar-refractivity contribution in [2.24, 2.45) is 0 Å². The van der Waals surface area contributed by atoms with E-state index in [1.807, 2.05) is 49.7 Å². The van der Waals surface area contributed by atoms with Gasteiger partial charge in [-0.3, -0.25) is 9.48 Å². The fraction of sp³-hybridized carbons (Fsp3) is 0.500. The molecule has 2 aromatic rings. The number of hydrogen-bond donors (Lipinski definition) is 2. The van der Waals surface area contributed by atoms with E-state index in [1.54, 1.807) is 11.0 Å². The maximum atomic E-state index is 12.8. The van der Waals surface area contributed by atoms with Crippen LogP contribution in [0.15, 0.2) is 30.3 Å². The average molecular weight is 357 g/mol. The molecule has 2 N–H and O–H groups in total. The van der Waals surface area contributed by atoms with Crippen molar-refractivity contribution in [1.82, 2.24) is 14.7 Å². The van der Waals surface area contributed by atoms with Gasteiger partial charge in [-0.2, -0.15) is 5.10 Å². The zero-order valence-corrected chi connectivity index (χ0v) is 15.6. The Kier molecular flexibility index (Phi) is 5.16. The highest BCUT2D eigenvalue weighted by atomic mass is 16.3. The summed E-state index contributed by atoms with van der Waals surface area (Å²) in [6.45, 7) is 7.04. The summed E-state index contributed by atoms with van der Waals surface area (Å²) < 4.78 is 1.92. The van der Waals surface area contributed by atoms with Gasteiger partial charge in [-0.15, -0.1) is 0 Å². The summed E-state index contributed by atoms with van der Waals surface area (Å²) in [6, 6.07) is 9.55. The van der Waals surface area contributed by atoms with E-state index in [1.165, 1.54) is 0 Å². The van der Waals surface area contributed by atoms with Gasteiger partial charge in [-0.25, -0.2) is 0 Å². The van der Waals surface area contributed by atoms with Gasteiger partial charge >= 0.3 is 0 Å². The van der Waals surface area contributed by atoms with E-state index in [0.29, 0.717) is 31.5 Å². The molecule has 6 nitrogen and oxygen atoms in total. The molecule has 1 aliphatic heterocycles. The predicted octanol–water partition coefficient (Wildman–Crippen LogP) is 1.90. The molecule has 26 heavy (non-hydrogen) atoms. The first-order valence-corrected chi connectivity index (χ1v) is 9.12. The molecule has 6 heteroatoms. The number of aromatic nitrogens is 2. The lowest BCUT2D eigenvalue weighted by Crippen LogP contribution is -2.56. The van der Waals surface area contributed by atoms with Crippen molar-refractivity contribution in [3.63, 3.8) is 0 Å². The fourth-order valence-corrected chi connectivity index (χ4v) is 3.56. The minimum atomic E-state index is -1.09. The molecule has 0 saturated carbocycles. The van der Waals surface area contributed by atoms with Gasteiger partial charge in [0.15, 0.2) is 0 Å². The van der Waals surface area contributed by atoms with E-state index in [2.05, 4.69) is 5.10 Å². The first-order chi connectivity index (χ1) is 12.3. The van der Waals surface area contributed by atoms with Gasteiger partial charge in [-0.1, -0.05) is 19.1 Å². The van der Waals surface area contributed by atoms with Crippen molar-refractivity contribution in [1.29, 1.82) is 0 Å². The topological polar surface area (TPSA) is 78.6 Å². The average Bonchev–Trinajstić information content (AvgIpc) is 2.94. The molecular weight excluding hydrogens is 330 g/mol. The molecule has 0 radical (unpaired) electrons. The lowest BCUT2D eigenvalue weighted by Gasteiger charge is -2.41. The standard InChI is InChI=1S/C20H27N3O3/c1-4-20(26)8-9-22(13-18(20)24)19(25)17-7-5-6-16(11-17)12-23-15(3)10-14(2)21-23/h5-7,10-11,18,24,26H,4,8-9,12-13H2,1-3H3/t18-,20-/m1/s1. The molecular formula is C20H27N3O3. The van der Waals surface area contributed by atoms with Crippen LogP contribution in [-0.2, 0) is 6.54 Å². The van der Waals surface area contributed by atoms with E-state index in [9.17, 15) is 15.0 Å². The summed E-state index contributed by atoms with van der Waals surface area (Å²) >= 11 is 0. The van der Waals surface area contributed by atoms with E-state index < -0.39 is 11.7 Å². The first kappa shape index (κ1) is 18.6. The number of nitrogens with zero attached hydrogens (tertiary/aromatic N) is 3. The van der Waals surface area contributed by atoms with Gasteiger partial charge in [0.05, 0.1) is 17.8 Å². The van der Waals surface area contributed by atoms with E-state index >= 15 is 0 Å². The minimum absolute atomic E-state index is 0.113. The first-order valence-electron chi connectivity index (χ1n) is 9.12. The molecule has 0 bridgehead atoms. The normalized spacial score (nSPS) is 23.3. The Morgan fingerprint density at radius 1 is 1.35 bits per heavy atom. The van der Waals surface area contributed by atoms with Gasteiger partial charge in [0.1, 0.15) is 6.10 Å². The van der Waals surface area contributed by atoms with Crippen LogP contribution < -0.4 is 0 Å². The second-order valence-corrected chi connectivity index (χ2v) is 7.26. The molecule has 3 rings (SSSR count). The molecule has 1 aromatic carbocycles. The van der Waals surface area contributed by atoms with Crippen LogP contribution in [0.2, 0.25) is 0 Å². The smallest absolute Gasteiger partial charge is 0.253 e. The Balaban J connectivity index is 1.74. The van der Waals surface area contributed by atoms with E-state index in [4.69, 9.17) is 0 Å². The number of carbonyl (C=O) groups excluding carboxylic acids is 1. The monoisotopic (exact) mass is 357 g/mol. The number of hydrogen-bond acceptors (Lipinski definition) is 4. The fourth-order valence-electron chi connectivity index (χ4n) is 3.56. The van der Waals surface area contributed by atoms with Crippen LogP contribution in [0.5, 0.6) is 0 Å². The van der Waals surface area contributed by atoms with E-state index in [0.717, 1.165) is 17.0 Å². The zero-order valence-electron chi connectivity index (χ0n) is 15.6. The maximum absolute atomic E-state index is 12.8. The third-order valence-corrected chi connectivity index (χ3v) is 5.34. The van der Waals surface area contributed by atoms with Gasteiger partial charge in [0.25, 0.3) is 5.91 Å². The number of β-amino-alcohol motifs (C(OH)–C–C–N with tert-alkyl or cyclic N) is 1. The van der Waals surface area contributed by atoms with Crippen molar-refractivity contribution in [2.75, 3.05) is 13.1 Å². The number of likely N-dealkylation sites (tertiary alicyclic amines) is 1. The quantitative estimate of drug-likeness (QED) is 0.876. The lowest BCUT2D eigenvalue weighted by molar-refractivity contribution is -0.114. The number of aliphatic hydroxyl groups is 2. The highest BCUT2D eigenvalue weighted by molar-refractivity contribution is 5.94. The molecule has 1 amide bonds. The molecule has 2 atom stereocenters. The maximum Gasteiger partial charge on any atom is 0.253 e. The van der Waals surface area contributed by atoms with Gasteiger partial charge in [0.2, 0.25) is 0 Å². The Hall–Kier alpha value is -2.18. The Labute approximate surface area is 154 Å². The summed E-state index contributed by atoms with van der Waals surface area (Å²) in [4.78, 5) is 14.5. The molecule has 2 heterocycles. The zero-order chi connectivity index (χ0) is 18.9. The molecule has 0 aliphatic carbocycles. The summed E-state index contributed by atoms with van der Waals surface area (Å²) in [5.74, 6) is -0.113. The van der Waals surface area contributed by atoms with Crippen LogP contribution in [0, 0.1) is 13.8 Å². The number of piperidine rings is 1. The number of carbonyl (C=O) groups is 1. The van der Waals surface area contributed by atoms with Crippen molar-refractivity contribution in [2.45, 2.75) is 51.9 Å². The lowest BCUT2D eigenvalue weighted by atomic mass is 9.86. The third kappa shape index (κ3) is 3.66. The van der Waals surface area contributed by atoms with Crippen molar-refractivity contribution >= 4 is 5.91 Å². The molecule has 1 fully saturated rings. The predicted molar refractivity (Wildman–Crippen MR) is 99.0 cm³/mol. The van der Waals surface area contributed by atoms with E-state index in [-0.39, 0.29) is 12.5 Å². The largest absolute Gasteiger partial charge is 0.388 e. The van der Waals surface area contributed by atoms with Crippen LogP contribution in [0.4, 0.5) is 0 Å². The van der Waals surface area contributed by atoms with Crippen molar-refractivity contribution in [3.05, 3.63) is 52.8 Å². The van der Waals surface area contributed by atoms with Crippen LogP contribution >= 0.6 is 0 Å². The Morgan fingerprint density at radius 2 is 2.12 bits per heavy atom. The number of amides is 1.